The second-order valence-electron chi connectivity index (χ2n) is 6.38. The highest BCUT2D eigenvalue weighted by Gasteiger charge is 2.41. The van der Waals surface area contributed by atoms with Crippen LogP contribution in [0.5, 0.6) is 0 Å². The predicted molar refractivity (Wildman–Crippen MR) is 79.2 cm³/mol. The molecular formula is C16H26N2O. The molecule has 19 heavy (non-hydrogen) atoms. The summed E-state index contributed by atoms with van der Waals surface area (Å²) >= 11 is 0. The summed E-state index contributed by atoms with van der Waals surface area (Å²) in [4.78, 5) is 2.52. The first-order valence-electron chi connectivity index (χ1n) is 7.07. The Labute approximate surface area is 116 Å². The average Bonchev–Trinajstić information content (AvgIpc) is 2.39. The van der Waals surface area contributed by atoms with Crippen molar-refractivity contribution in [2.24, 2.45) is 5.73 Å². The van der Waals surface area contributed by atoms with Gasteiger partial charge in [0.05, 0.1) is 13.2 Å². The zero-order valence-electron chi connectivity index (χ0n) is 12.4. The van der Waals surface area contributed by atoms with E-state index in [1.807, 2.05) is 0 Å². The Morgan fingerprint density at radius 1 is 1.32 bits per heavy atom. The number of benzene rings is 1. The van der Waals surface area contributed by atoms with Gasteiger partial charge in [0.15, 0.2) is 0 Å². The van der Waals surface area contributed by atoms with Crippen LogP contribution in [0.25, 0.3) is 0 Å². The highest BCUT2D eigenvalue weighted by Crippen LogP contribution is 2.30. The average molecular weight is 262 g/mol. The van der Waals surface area contributed by atoms with Gasteiger partial charge in [-0.05, 0) is 32.8 Å². The first kappa shape index (κ1) is 14.5. The Kier molecular flexibility index (Phi) is 4.29. The van der Waals surface area contributed by atoms with Crippen LogP contribution in [0.2, 0.25) is 0 Å². The zero-order chi connectivity index (χ0) is 13.9. The third-order valence-electron chi connectivity index (χ3n) is 4.16. The van der Waals surface area contributed by atoms with Crippen LogP contribution in [0.4, 0.5) is 0 Å². The number of morpholine rings is 1. The molecule has 0 saturated carbocycles. The van der Waals surface area contributed by atoms with E-state index in [1.54, 1.807) is 0 Å². The van der Waals surface area contributed by atoms with E-state index in [1.165, 1.54) is 5.56 Å². The molecule has 0 amide bonds. The summed E-state index contributed by atoms with van der Waals surface area (Å²) in [6.45, 7) is 9.94. The Balaban J connectivity index is 2.21. The maximum absolute atomic E-state index is 6.12. The number of hydrogen-bond acceptors (Lipinski definition) is 3. The molecule has 1 aliphatic rings. The lowest BCUT2D eigenvalue weighted by Gasteiger charge is -2.52. The third kappa shape index (κ3) is 3.16. The van der Waals surface area contributed by atoms with Crippen LogP contribution >= 0.6 is 0 Å². The molecule has 1 fully saturated rings. The molecule has 1 saturated heterocycles. The largest absolute Gasteiger partial charge is 0.378 e. The summed E-state index contributed by atoms with van der Waals surface area (Å²) in [7, 11) is 0. The second-order valence-corrected chi connectivity index (χ2v) is 6.38. The number of nitrogens with two attached hydrogens (primary N) is 1. The molecule has 0 aromatic heterocycles. The highest BCUT2D eigenvalue weighted by molar-refractivity contribution is 5.18. The molecule has 1 aromatic carbocycles. The van der Waals surface area contributed by atoms with Gasteiger partial charge in [-0.2, -0.15) is 0 Å². The van der Waals surface area contributed by atoms with Crippen molar-refractivity contribution >= 4 is 0 Å². The van der Waals surface area contributed by atoms with Crippen molar-refractivity contribution in [1.82, 2.24) is 4.90 Å². The smallest absolute Gasteiger partial charge is 0.0645 e. The molecule has 2 rings (SSSR count). The third-order valence-corrected chi connectivity index (χ3v) is 4.16. The van der Waals surface area contributed by atoms with Crippen molar-refractivity contribution in [3.63, 3.8) is 0 Å². The van der Waals surface area contributed by atoms with Gasteiger partial charge in [-0.25, -0.2) is 0 Å². The van der Waals surface area contributed by atoms with Crippen molar-refractivity contribution < 1.29 is 4.74 Å². The van der Waals surface area contributed by atoms with Gasteiger partial charge >= 0.3 is 0 Å². The molecule has 1 aromatic rings. The van der Waals surface area contributed by atoms with Gasteiger partial charge in [0.25, 0.3) is 0 Å². The van der Waals surface area contributed by atoms with E-state index in [0.717, 1.165) is 26.2 Å². The van der Waals surface area contributed by atoms with Crippen molar-refractivity contribution in [2.45, 2.75) is 38.3 Å². The van der Waals surface area contributed by atoms with E-state index in [-0.39, 0.29) is 11.1 Å². The molecule has 1 atom stereocenters. The Bertz CT molecular complexity index is 404. The van der Waals surface area contributed by atoms with Gasteiger partial charge in [0.2, 0.25) is 0 Å². The molecule has 0 radical (unpaired) electrons. The van der Waals surface area contributed by atoms with Crippen molar-refractivity contribution in [3.05, 3.63) is 35.9 Å². The molecular weight excluding hydrogens is 236 g/mol. The van der Waals surface area contributed by atoms with Crippen molar-refractivity contribution in [3.8, 4) is 0 Å². The van der Waals surface area contributed by atoms with Crippen molar-refractivity contribution in [2.75, 3.05) is 26.3 Å². The monoisotopic (exact) mass is 262 g/mol. The number of hydrogen-bond donors (Lipinski definition) is 1. The molecule has 1 unspecified atom stereocenters. The fourth-order valence-corrected chi connectivity index (χ4v) is 3.17. The summed E-state index contributed by atoms with van der Waals surface area (Å²) in [6, 6.07) is 10.6. The van der Waals surface area contributed by atoms with Crippen LogP contribution in [0.1, 0.15) is 26.3 Å². The molecule has 3 nitrogen and oxygen atoms in total. The molecule has 1 aliphatic heterocycles. The molecule has 2 N–H and O–H groups in total. The second kappa shape index (κ2) is 5.61. The minimum absolute atomic E-state index is 0.0192. The summed E-state index contributed by atoms with van der Waals surface area (Å²) in [6.07, 6.45) is 0.980. The van der Waals surface area contributed by atoms with E-state index in [9.17, 15) is 0 Å². The summed E-state index contributed by atoms with van der Waals surface area (Å²) in [5.41, 5.74) is 7.49. The normalized spacial score (nSPS) is 22.9. The minimum Gasteiger partial charge on any atom is -0.378 e. The fraction of sp³-hybridized carbons (Fsp3) is 0.625. The lowest BCUT2D eigenvalue weighted by atomic mass is 9.85. The summed E-state index contributed by atoms with van der Waals surface area (Å²) in [5, 5.41) is 0. The van der Waals surface area contributed by atoms with E-state index in [0.29, 0.717) is 6.54 Å². The lowest BCUT2D eigenvalue weighted by Crippen LogP contribution is -2.65. The first-order chi connectivity index (χ1) is 8.98. The zero-order valence-corrected chi connectivity index (χ0v) is 12.4. The maximum Gasteiger partial charge on any atom is 0.0645 e. The van der Waals surface area contributed by atoms with Gasteiger partial charge in [-0.3, -0.25) is 4.90 Å². The molecule has 3 heteroatoms. The Morgan fingerprint density at radius 2 is 2.00 bits per heavy atom. The van der Waals surface area contributed by atoms with Gasteiger partial charge in [0, 0.05) is 24.2 Å². The summed E-state index contributed by atoms with van der Waals surface area (Å²) < 4.78 is 5.62. The van der Waals surface area contributed by atoms with Gasteiger partial charge in [0.1, 0.15) is 0 Å². The molecule has 106 valence electrons. The minimum atomic E-state index is -0.0192. The first-order valence-corrected chi connectivity index (χ1v) is 7.07. The summed E-state index contributed by atoms with van der Waals surface area (Å²) in [5.74, 6) is 0. The van der Waals surface area contributed by atoms with Gasteiger partial charge in [-0.1, -0.05) is 30.3 Å². The molecule has 0 spiro atoms. The molecule has 1 heterocycles. The van der Waals surface area contributed by atoms with Crippen LogP contribution in [0.15, 0.2) is 30.3 Å². The predicted octanol–water partition coefficient (Wildman–Crippen LogP) is 2.06. The van der Waals surface area contributed by atoms with Crippen LogP contribution in [0.3, 0.4) is 0 Å². The fourth-order valence-electron chi connectivity index (χ4n) is 3.17. The van der Waals surface area contributed by atoms with E-state index in [2.05, 4.69) is 56.0 Å². The van der Waals surface area contributed by atoms with Crippen LogP contribution in [-0.2, 0) is 11.2 Å². The van der Waals surface area contributed by atoms with E-state index in [4.69, 9.17) is 10.5 Å². The molecule has 0 bridgehead atoms. The SMILES string of the molecule is CC1(C)COCCN1C(C)(CN)Cc1ccccc1. The topological polar surface area (TPSA) is 38.5 Å². The standard InChI is InChI=1S/C16H26N2O/c1-15(2)13-19-10-9-18(15)16(3,12-17)11-14-7-5-4-6-8-14/h4-8H,9-13,17H2,1-3H3. The van der Waals surface area contributed by atoms with Crippen LogP contribution < -0.4 is 5.73 Å². The van der Waals surface area contributed by atoms with Gasteiger partial charge in [-0.15, -0.1) is 0 Å². The Morgan fingerprint density at radius 3 is 2.58 bits per heavy atom. The van der Waals surface area contributed by atoms with Crippen molar-refractivity contribution in [1.29, 1.82) is 0 Å². The maximum atomic E-state index is 6.12. The van der Waals surface area contributed by atoms with Crippen LogP contribution in [-0.4, -0.2) is 42.3 Å². The van der Waals surface area contributed by atoms with E-state index >= 15 is 0 Å². The highest BCUT2D eigenvalue weighted by atomic mass is 16.5. The number of nitrogens with zero attached hydrogens (tertiary/aromatic N) is 1. The van der Waals surface area contributed by atoms with E-state index < -0.39 is 0 Å². The van der Waals surface area contributed by atoms with Crippen LogP contribution in [0, 0.1) is 0 Å². The van der Waals surface area contributed by atoms with Gasteiger partial charge < -0.3 is 10.5 Å². The number of ether oxygens (including phenoxy) is 1. The quantitative estimate of drug-likeness (QED) is 0.902. The molecule has 0 aliphatic carbocycles. The number of rotatable bonds is 4. The Hall–Kier alpha value is -0.900. The lowest BCUT2D eigenvalue weighted by molar-refractivity contribution is -0.0984.